The quantitative estimate of drug-likeness (QED) is 0.534. The molecule has 0 spiro atoms. The van der Waals surface area contributed by atoms with Crippen molar-refractivity contribution in [2.75, 3.05) is 13.7 Å². The average molecular weight is 442 g/mol. The lowest BCUT2D eigenvalue weighted by atomic mass is 10.2. The van der Waals surface area contributed by atoms with E-state index in [0.717, 1.165) is 32.9 Å². The first-order chi connectivity index (χ1) is 13.5. The SMILES string of the molecule is Cc1nn(-c2ccccc2)c(C)c1CN(C)C(=O)CCOc1ccc(Br)cc1. The van der Waals surface area contributed by atoms with Crippen LogP contribution in [0.1, 0.15) is 23.4 Å². The highest BCUT2D eigenvalue weighted by molar-refractivity contribution is 9.10. The first-order valence-corrected chi connectivity index (χ1v) is 9.98. The third kappa shape index (κ3) is 4.81. The highest BCUT2D eigenvalue weighted by Crippen LogP contribution is 2.20. The molecule has 0 aliphatic heterocycles. The van der Waals surface area contributed by atoms with Gasteiger partial charge in [-0.25, -0.2) is 4.68 Å². The molecule has 0 atom stereocenters. The van der Waals surface area contributed by atoms with Crippen molar-refractivity contribution in [2.24, 2.45) is 0 Å². The second-order valence-corrected chi connectivity index (χ2v) is 7.61. The third-order valence-corrected chi connectivity index (χ3v) is 5.19. The molecule has 3 rings (SSSR count). The Kier molecular flexibility index (Phi) is 6.52. The van der Waals surface area contributed by atoms with Crippen molar-refractivity contribution in [1.82, 2.24) is 14.7 Å². The number of aryl methyl sites for hydroxylation is 1. The zero-order chi connectivity index (χ0) is 20.1. The monoisotopic (exact) mass is 441 g/mol. The van der Waals surface area contributed by atoms with Crippen molar-refractivity contribution in [1.29, 1.82) is 0 Å². The van der Waals surface area contributed by atoms with Crippen LogP contribution in [0.3, 0.4) is 0 Å². The highest BCUT2D eigenvalue weighted by Gasteiger charge is 2.17. The summed E-state index contributed by atoms with van der Waals surface area (Å²) in [6.07, 6.45) is 0.331. The molecule has 0 saturated heterocycles. The molecule has 146 valence electrons. The molecule has 1 amide bonds. The second-order valence-electron chi connectivity index (χ2n) is 6.70. The standard InChI is InChI=1S/C22H24BrN3O2/c1-16-21(17(2)26(24-16)19-7-5-4-6-8-19)15-25(3)22(27)13-14-28-20-11-9-18(23)10-12-20/h4-12H,13-15H2,1-3H3. The van der Waals surface area contributed by atoms with E-state index < -0.39 is 0 Å². The van der Waals surface area contributed by atoms with Crippen molar-refractivity contribution >= 4 is 21.8 Å². The van der Waals surface area contributed by atoms with E-state index in [0.29, 0.717) is 19.6 Å². The molecule has 28 heavy (non-hydrogen) atoms. The van der Waals surface area contributed by atoms with Crippen LogP contribution in [0.5, 0.6) is 5.75 Å². The fourth-order valence-electron chi connectivity index (χ4n) is 3.03. The molecule has 6 heteroatoms. The lowest BCUT2D eigenvalue weighted by Gasteiger charge is -2.18. The lowest BCUT2D eigenvalue weighted by Crippen LogP contribution is -2.28. The number of ether oxygens (including phenoxy) is 1. The molecule has 0 bridgehead atoms. The molecule has 0 aliphatic carbocycles. The maximum Gasteiger partial charge on any atom is 0.226 e. The summed E-state index contributed by atoms with van der Waals surface area (Å²) in [4.78, 5) is 14.2. The van der Waals surface area contributed by atoms with Crippen molar-refractivity contribution in [3.8, 4) is 11.4 Å². The largest absolute Gasteiger partial charge is 0.493 e. The number of hydrogen-bond donors (Lipinski definition) is 0. The summed E-state index contributed by atoms with van der Waals surface area (Å²) in [5.74, 6) is 0.804. The van der Waals surface area contributed by atoms with E-state index in [4.69, 9.17) is 4.74 Å². The Morgan fingerprint density at radius 1 is 1.11 bits per heavy atom. The number of halogens is 1. The van der Waals surface area contributed by atoms with Gasteiger partial charge >= 0.3 is 0 Å². The minimum atomic E-state index is 0.0448. The molecule has 0 saturated carbocycles. The van der Waals surface area contributed by atoms with Gasteiger partial charge in [0.05, 0.1) is 24.4 Å². The predicted octanol–water partition coefficient (Wildman–Crippen LogP) is 4.68. The van der Waals surface area contributed by atoms with Crippen LogP contribution in [0.4, 0.5) is 0 Å². The summed E-state index contributed by atoms with van der Waals surface area (Å²) in [7, 11) is 1.82. The summed E-state index contributed by atoms with van der Waals surface area (Å²) >= 11 is 3.39. The molecule has 1 aromatic heterocycles. The Morgan fingerprint density at radius 3 is 2.46 bits per heavy atom. The first-order valence-electron chi connectivity index (χ1n) is 9.18. The highest BCUT2D eigenvalue weighted by atomic mass is 79.9. The average Bonchev–Trinajstić information content (AvgIpc) is 2.98. The molecule has 0 aliphatic rings. The van der Waals surface area contributed by atoms with Gasteiger partial charge in [-0.2, -0.15) is 5.10 Å². The van der Waals surface area contributed by atoms with Crippen LogP contribution >= 0.6 is 15.9 Å². The molecule has 1 heterocycles. The number of para-hydroxylation sites is 1. The molecule has 0 unspecified atom stereocenters. The van der Waals surface area contributed by atoms with E-state index in [1.54, 1.807) is 4.90 Å². The van der Waals surface area contributed by atoms with Gasteiger partial charge < -0.3 is 9.64 Å². The number of amides is 1. The molecule has 2 aromatic carbocycles. The first kappa shape index (κ1) is 20.1. The maximum absolute atomic E-state index is 12.5. The number of hydrogen-bond acceptors (Lipinski definition) is 3. The summed E-state index contributed by atoms with van der Waals surface area (Å²) < 4.78 is 8.58. The molecule has 0 fully saturated rings. The van der Waals surface area contributed by atoms with Gasteiger partial charge in [-0.05, 0) is 50.2 Å². The topological polar surface area (TPSA) is 47.4 Å². The Morgan fingerprint density at radius 2 is 1.79 bits per heavy atom. The van der Waals surface area contributed by atoms with E-state index >= 15 is 0 Å². The van der Waals surface area contributed by atoms with Crippen molar-refractivity contribution < 1.29 is 9.53 Å². The van der Waals surface area contributed by atoms with Gasteiger partial charge in [0.15, 0.2) is 0 Å². The summed E-state index contributed by atoms with van der Waals surface area (Å²) in [5.41, 5.74) is 4.08. The van der Waals surface area contributed by atoms with Crippen molar-refractivity contribution in [3.05, 3.63) is 76.0 Å². The fourth-order valence-corrected chi connectivity index (χ4v) is 3.29. The Hall–Kier alpha value is -2.60. The summed E-state index contributed by atoms with van der Waals surface area (Å²) in [6, 6.07) is 17.6. The summed E-state index contributed by atoms with van der Waals surface area (Å²) in [5, 5.41) is 4.65. The number of carbonyl (C=O) groups is 1. The molecular weight excluding hydrogens is 418 g/mol. The molecule has 0 N–H and O–H groups in total. The number of nitrogens with zero attached hydrogens (tertiary/aromatic N) is 3. The van der Waals surface area contributed by atoms with Gasteiger partial charge in [-0.3, -0.25) is 4.79 Å². The van der Waals surface area contributed by atoms with Gasteiger partial charge in [-0.1, -0.05) is 34.1 Å². The molecule has 0 radical (unpaired) electrons. The van der Waals surface area contributed by atoms with Crippen LogP contribution in [-0.2, 0) is 11.3 Å². The van der Waals surface area contributed by atoms with Crippen LogP contribution in [0.25, 0.3) is 5.69 Å². The van der Waals surface area contributed by atoms with E-state index in [9.17, 15) is 4.79 Å². The number of aromatic nitrogens is 2. The van der Waals surface area contributed by atoms with E-state index in [2.05, 4.69) is 21.0 Å². The number of carbonyl (C=O) groups excluding carboxylic acids is 1. The number of rotatable bonds is 7. The van der Waals surface area contributed by atoms with Crippen molar-refractivity contribution in [2.45, 2.75) is 26.8 Å². The van der Waals surface area contributed by atoms with Crippen molar-refractivity contribution in [3.63, 3.8) is 0 Å². The molecule has 3 aromatic rings. The smallest absolute Gasteiger partial charge is 0.226 e. The zero-order valence-corrected chi connectivity index (χ0v) is 17.9. The van der Waals surface area contributed by atoms with Gasteiger partial charge in [0, 0.05) is 29.3 Å². The third-order valence-electron chi connectivity index (χ3n) is 4.66. The molecular formula is C22H24BrN3O2. The Balaban J connectivity index is 1.59. The van der Waals surface area contributed by atoms with Crippen LogP contribution < -0.4 is 4.74 Å². The van der Waals surface area contributed by atoms with Crippen LogP contribution in [0, 0.1) is 13.8 Å². The minimum Gasteiger partial charge on any atom is -0.493 e. The predicted molar refractivity (Wildman–Crippen MR) is 114 cm³/mol. The number of benzene rings is 2. The van der Waals surface area contributed by atoms with Gasteiger partial charge in [-0.15, -0.1) is 0 Å². The maximum atomic E-state index is 12.5. The zero-order valence-electron chi connectivity index (χ0n) is 16.4. The van der Waals surface area contributed by atoms with Gasteiger partial charge in [0.1, 0.15) is 5.75 Å². The van der Waals surface area contributed by atoms with E-state index in [1.165, 1.54) is 0 Å². The van der Waals surface area contributed by atoms with Crippen LogP contribution in [-0.4, -0.2) is 34.2 Å². The normalized spacial score (nSPS) is 10.7. The minimum absolute atomic E-state index is 0.0448. The second kappa shape index (κ2) is 9.06. The lowest BCUT2D eigenvalue weighted by molar-refractivity contribution is -0.130. The van der Waals surface area contributed by atoms with Crippen LogP contribution in [0.2, 0.25) is 0 Å². The Labute approximate surface area is 174 Å². The fraction of sp³-hybridized carbons (Fsp3) is 0.273. The van der Waals surface area contributed by atoms with E-state index in [1.807, 2.05) is 80.2 Å². The van der Waals surface area contributed by atoms with E-state index in [-0.39, 0.29) is 5.91 Å². The molecule has 5 nitrogen and oxygen atoms in total. The van der Waals surface area contributed by atoms with Gasteiger partial charge in [0.2, 0.25) is 5.91 Å². The van der Waals surface area contributed by atoms with Gasteiger partial charge in [0.25, 0.3) is 0 Å². The summed E-state index contributed by atoms with van der Waals surface area (Å²) in [6.45, 7) is 4.90. The Bertz CT molecular complexity index is 936. The van der Waals surface area contributed by atoms with Crippen LogP contribution in [0.15, 0.2) is 59.1 Å².